The van der Waals surface area contributed by atoms with E-state index >= 15 is 0 Å². The Kier molecular flexibility index (Phi) is 6.03. The van der Waals surface area contributed by atoms with Gasteiger partial charge in [0.25, 0.3) is 5.91 Å². The van der Waals surface area contributed by atoms with E-state index in [4.69, 9.17) is 4.42 Å². The van der Waals surface area contributed by atoms with Crippen LogP contribution in [-0.2, 0) is 4.79 Å². The molecular formula is C20H15FN6O3S. The number of halogens is 1. The molecule has 0 fully saturated rings. The SMILES string of the molecule is O=C(CSc1nnnn1-c1ccc(F)cc1)Nc1cccc(NC(=O)c2ccco2)c1. The number of benzene rings is 2. The van der Waals surface area contributed by atoms with Gasteiger partial charge in [0, 0.05) is 11.4 Å². The molecule has 2 aromatic heterocycles. The van der Waals surface area contributed by atoms with Crippen molar-refractivity contribution in [3.63, 3.8) is 0 Å². The lowest BCUT2D eigenvalue weighted by molar-refractivity contribution is -0.113. The number of hydrogen-bond donors (Lipinski definition) is 2. The first kappa shape index (κ1) is 20.3. The summed E-state index contributed by atoms with van der Waals surface area (Å²) in [5.74, 6) is -0.813. The average Bonchev–Trinajstić information content (AvgIpc) is 3.45. The maximum Gasteiger partial charge on any atom is 0.291 e. The molecule has 0 saturated heterocycles. The van der Waals surface area contributed by atoms with Crippen molar-refractivity contribution in [1.82, 2.24) is 20.2 Å². The lowest BCUT2D eigenvalue weighted by Crippen LogP contribution is -2.15. The van der Waals surface area contributed by atoms with E-state index in [9.17, 15) is 14.0 Å². The van der Waals surface area contributed by atoms with Crippen LogP contribution in [0.5, 0.6) is 0 Å². The second-order valence-corrected chi connectivity index (χ2v) is 7.14. The normalized spacial score (nSPS) is 10.6. The smallest absolute Gasteiger partial charge is 0.291 e. The van der Waals surface area contributed by atoms with Crippen LogP contribution >= 0.6 is 11.8 Å². The predicted molar refractivity (Wildman–Crippen MR) is 112 cm³/mol. The Morgan fingerprint density at radius 1 is 1.03 bits per heavy atom. The number of carbonyl (C=O) groups is 2. The molecule has 2 amide bonds. The topological polar surface area (TPSA) is 115 Å². The lowest BCUT2D eigenvalue weighted by Gasteiger charge is -2.08. The number of anilines is 2. The number of furan rings is 1. The van der Waals surface area contributed by atoms with Crippen LogP contribution in [0.15, 0.2) is 76.5 Å². The number of amides is 2. The van der Waals surface area contributed by atoms with Gasteiger partial charge in [-0.25, -0.2) is 4.39 Å². The van der Waals surface area contributed by atoms with Gasteiger partial charge in [0.15, 0.2) is 5.76 Å². The Bertz CT molecular complexity index is 1190. The van der Waals surface area contributed by atoms with Crippen LogP contribution in [0.1, 0.15) is 10.6 Å². The van der Waals surface area contributed by atoms with Crippen LogP contribution in [0.3, 0.4) is 0 Å². The van der Waals surface area contributed by atoms with E-state index in [-0.39, 0.29) is 23.2 Å². The van der Waals surface area contributed by atoms with Gasteiger partial charge in [0.05, 0.1) is 17.7 Å². The monoisotopic (exact) mass is 438 g/mol. The number of tetrazole rings is 1. The molecule has 156 valence electrons. The van der Waals surface area contributed by atoms with Crippen molar-refractivity contribution in [2.24, 2.45) is 0 Å². The van der Waals surface area contributed by atoms with Gasteiger partial charge < -0.3 is 15.1 Å². The molecule has 0 aliphatic rings. The van der Waals surface area contributed by atoms with Gasteiger partial charge in [0.2, 0.25) is 11.1 Å². The van der Waals surface area contributed by atoms with Crippen LogP contribution in [0.25, 0.3) is 5.69 Å². The van der Waals surface area contributed by atoms with E-state index in [1.165, 1.54) is 23.1 Å². The highest BCUT2D eigenvalue weighted by Gasteiger charge is 2.13. The molecule has 0 atom stereocenters. The lowest BCUT2D eigenvalue weighted by atomic mass is 10.2. The fourth-order valence-corrected chi connectivity index (χ4v) is 3.31. The molecule has 0 aliphatic heterocycles. The van der Waals surface area contributed by atoms with E-state index < -0.39 is 5.91 Å². The Balaban J connectivity index is 1.35. The number of nitrogens with one attached hydrogen (secondary N) is 2. The van der Waals surface area contributed by atoms with Gasteiger partial charge in [-0.1, -0.05) is 17.8 Å². The zero-order valence-electron chi connectivity index (χ0n) is 15.9. The summed E-state index contributed by atoms with van der Waals surface area (Å²) in [6.07, 6.45) is 1.41. The maximum absolute atomic E-state index is 13.1. The predicted octanol–water partition coefficient (Wildman–Crippen LogP) is 3.38. The standard InChI is InChI=1S/C20H15FN6O3S/c21-13-6-8-16(9-7-13)27-20(24-25-26-27)31-12-18(28)22-14-3-1-4-15(11-14)23-19(29)17-5-2-10-30-17/h1-11H,12H2,(H,22,28)(H,23,29). The molecule has 9 nitrogen and oxygen atoms in total. The number of thioether (sulfide) groups is 1. The summed E-state index contributed by atoms with van der Waals surface area (Å²) in [6, 6.07) is 15.6. The van der Waals surface area contributed by atoms with Crippen LogP contribution in [0.4, 0.5) is 15.8 Å². The first-order valence-corrected chi connectivity index (χ1v) is 9.99. The second-order valence-electron chi connectivity index (χ2n) is 6.20. The third-order valence-electron chi connectivity index (χ3n) is 3.99. The Hall–Kier alpha value is -3.99. The summed E-state index contributed by atoms with van der Waals surface area (Å²) >= 11 is 1.13. The van der Waals surface area contributed by atoms with Gasteiger partial charge >= 0.3 is 0 Å². The molecule has 2 aromatic carbocycles. The first-order valence-electron chi connectivity index (χ1n) is 9.00. The largest absolute Gasteiger partial charge is 0.459 e. The van der Waals surface area contributed by atoms with Crippen molar-refractivity contribution >= 4 is 35.0 Å². The molecular weight excluding hydrogens is 423 g/mol. The minimum atomic E-state index is -0.392. The molecule has 31 heavy (non-hydrogen) atoms. The molecule has 0 bridgehead atoms. The summed E-state index contributed by atoms with van der Waals surface area (Å²) in [5.41, 5.74) is 1.60. The fraction of sp³-hybridized carbons (Fsp3) is 0.0500. The van der Waals surface area contributed by atoms with Gasteiger partial charge in [-0.05, 0) is 65.0 Å². The summed E-state index contributed by atoms with van der Waals surface area (Å²) in [6.45, 7) is 0. The van der Waals surface area contributed by atoms with Gasteiger partial charge in [0.1, 0.15) is 5.82 Å². The van der Waals surface area contributed by atoms with Crippen LogP contribution < -0.4 is 10.6 Å². The molecule has 2 heterocycles. The van der Waals surface area contributed by atoms with Crippen molar-refractivity contribution in [3.05, 3.63) is 78.5 Å². The minimum absolute atomic E-state index is 0.0462. The third-order valence-corrected chi connectivity index (χ3v) is 4.91. The van der Waals surface area contributed by atoms with Crippen molar-refractivity contribution in [2.75, 3.05) is 16.4 Å². The van der Waals surface area contributed by atoms with Crippen molar-refractivity contribution in [1.29, 1.82) is 0 Å². The Morgan fingerprint density at radius 3 is 2.55 bits per heavy atom. The molecule has 0 aliphatic carbocycles. The molecule has 0 unspecified atom stereocenters. The van der Waals surface area contributed by atoms with E-state index in [2.05, 4.69) is 26.2 Å². The van der Waals surface area contributed by atoms with Crippen LogP contribution in [0.2, 0.25) is 0 Å². The van der Waals surface area contributed by atoms with Crippen LogP contribution in [-0.4, -0.2) is 37.8 Å². The fourth-order valence-electron chi connectivity index (χ4n) is 2.62. The van der Waals surface area contributed by atoms with Crippen LogP contribution in [0, 0.1) is 5.82 Å². The number of nitrogens with zero attached hydrogens (tertiary/aromatic N) is 4. The van der Waals surface area contributed by atoms with E-state index in [0.29, 0.717) is 22.2 Å². The van der Waals surface area contributed by atoms with Crippen molar-refractivity contribution < 1.29 is 18.4 Å². The van der Waals surface area contributed by atoms with Crippen molar-refractivity contribution in [3.8, 4) is 5.69 Å². The molecule has 4 aromatic rings. The Labute approximate surface area is 179 Å². The highest BCUT2D eigenvalue weighted by molar-refractivity contribution is 7.99. The molecule has 4 rings (SSSR count). The number of rotatable bonds is 7. The number of carbonyl (C=O) groups excluding carboxylic acids is 2. The second kappa shape index (κ2) is 9.22. The summed E-state index contributed by atoms with van der Waals surface area (Å²) in [4.78, 5) is 24.4. The highest BCUT2D eigenvalue weighted by atomic mass is 32.2. The molecule has 2 N–H and O–H groups in total. The summed E-state index contributed by atoms with van der Waals surface area (Å²) < 4.78 is 19.6. The van der Waals surface area contributed by atoms with E-state index in [0.717, 1.165) is 11.8 Å². The molecule has 0 saturated carbocycles. The molecule has 0 spiro atoms. The number of hydrogen-bond acceptors (Lipinski definition) is 7. The van der Waals surface area contributed by atoms with Gasteiger partial charge in [-0.3, -0.25) is 9.59 Å². The summed E-state index contributed by atoms with van der Waals surface area (Å²) in [7, 11) is 0. The average molecular weight is 438 g/mol. The van der Waals surface area contributed by atoms with E-state index in [1.54, 1.807) is 48.5 Å². The molecule has 11 heteroatoms. The zero-order valence-corrected chi connectivity index (χ0v) is 16.7. The zero-order chi connectivity index (χ0) is 21.6. The molecule has 0 radical (unpaired) electrons. The highest BCUT2D eigenvalue weighted by Crippen LogP contribution is 2.20. The van der Waals surface area contributed by atoms with Crippen molar-refractivity contribution in [2.45, 2.75) is 5.16 Å². The quantitative estimate of drug-likeness (QED) is 0.425. The summed E-state index contributed by atoms with van der Waals surface area (Å²) in [5, 5.41) is 17.2. The maximum atomic E-state index is 13.1. The Morgan fingerprint density at radius 2 is 1.81 bits per heavy atom. The first-order chi connectivity index (χ1) is 15.1. The minimum Gasteiger partial charge on any atom is -0.459 e. The van der Waals surface area contributed by atoms with Gasteiger partial charge in [-0.15, -0.1) is 5.10 Å². The van der Waals surface area contributed by atoms with Gasteiger partial charge in [-0.2, -0.15) is 4.68 Å². The number of aromatic nitrogens is 4. The third kappa shape index (κ3) is 5.14. The van der Waals surface area contributed by atoms with E-state index in [1.807, 2.05) is 0 Å².